The highest BCUT2D eigenvalue weighted by molar-refractivity contribution is 9.10. The summed E-state index contributed by atoms with van der Waals surface area (Å²) in [7, 11) is 0. The van der Waals surface area contributed by atoms with Crippen LogP contribution in [0.25, 0.3) is 5.69 Å². The minimum absolute atomic E-state index is 0.00992. The van der Waals surface area contributed by atoms with Gasteiger partial charge in [0.05, 0.1) is 21.3 Å². The highest BCUT2D eigenvalue weighted by Gasteiger charge is 2.08. The predicted molar refractivity (Wildman–Crippen MR) is 113 cm³/mol. The van der Waals surface area contributed by atoms with Gasteiger partial charge in [0, 0.05) is 29.0 Å². The van der Waals surface area contributed by atoms with Gasteiger partial charge in [-0.15, -0.1) is 0 Å². The van der Waals surface area contributed by atoms with E-state index in [2.05, 4.69) is 26.5 Å². The lowest BCUT2D eigenvalue weighted by Gasteiger charge is -2.07. The molecule has 0 aliphatic heterocycles. The molecule has 3 rings (SSSR count). The highest BCUT2D eigenvalue weighted by atomic mass is 79.9. The molecule has 1 aromatic heterocycles. The number of rotatable bonds is 7. The number of carbonyl (C=O) groups excluding carboxylic acids is 1. The van der Waals surface area contributed by atoms with Crippen LogP contribution in [0.5, 0.6) is 5.75 Å². The van der Waals surface area contributed by atoms with E-state index in [1.54, 1.807) is 53.2 Å². The third kappa shape index (κ3) is 5.43. The first kappa shape index (κ1) is 20.6. The number of nitrogens with zero attached hydrogens (tertiary/aromatic N) is 3. The topological polar surface area (TPSA) is 98.8 Å². The quantitative estimate of drug-likeness (QED) is 0.311. The zero-order chi connectivity index (χ0) is 20.8. The molecule has 0 bridgehead atoms. The van der Waals surface area contributed by atoms with E-state index in [-0.39, 0.29) is 12.3 Å². The summed E-state index contributed by atoms with van der Waals surface area (Å²) in [5, 5.41) is 15.2. The summed E-state index contributed by atoms with van der Waals surface area (Å²) in [6.07, 6.45) is 3.25. The second-order valence-corrected chi connectivity index (χ2v) is 7.02. The van der Waals surface area contributed by atoms with Crippen LogP contribution in [0.4, 0.5) is 5.69 Å². The summed E-state index contributed by atoms with van der Waals surface area (Å²) in [5.41, 5.74) is 3.80. The summed E-state index contributed by atoms with van der Waals surface area (Å²) >= 11 is 9.17. The number of halogens is 2. The van der Waals surface area contributed by atoms with Gasteiger partial charge in [-0.3, -0.25) is 14.9 Å². The summed E-state index contributed by atoms with van der Waals surface area (Å²) in [4.78, 5) is 22.2. The maximum atomic E-state index is 11.9. The molecule has 0 spiro atoms. The van der Waals surface area contributed by atoms with Crippen molar-refractivity contribution in [2.45, 2.75) is 0 Å². The standard InChI is InChI=1S/C19H14BrClN4O4/c20-17-10-13(21)3-8-18(17)29-12-19(26)23-22-11-16-2-1-9-24(16)14-4-6-15(7-5-14)25(27)28/h1-11H,12H2,(H,23,26)/b22-11+. The van der Waals surface area contributed by atoms with E-state index in [0.29, 0.717) is 20.9 Å². The number of aromatic nitrogens is 1. The number of hydrogen-bond donors (Lipinski definition) is 1. The van der Waals surface area contributed by atoms with Crippen molar-refractivity contribution in [1.82, 2.24) is 9.99 Å². The largest absolute Gasteiger partial charge is 0.483 e. The Kier molecular flexibility index (Phi) is 6.63. The Morgan fingerprint density at radius 2 is 2.03 bits per heavy atom. The number of nitrogens with one attached hydrogen (secondary N) is 1. The van der Waals surface area contributed by atoms with E-state index in [1.165, 1.54) is 18.3 Å². The number of amides is 1. The predicted octanol–water partition coefficient (Wildman–Crippen LogP) is 4.33. The number of hydrogen-bond acceptors (Lipinski definition) is 5. The van der Waals surface area contributed by atoms with E-state index >= 15 is 0 Å². The molecule has 0 aliphatic carbocycles. The van der Waals surface area contributed by atoms with Crippen LogP contribution in [0.15, 0.2) is 70.4 Å². The zero-order valence-corrected chi connectivity index (χ0v) is 17.1. The van der Waals surface area contributed by atoms with Crippen molar-refractivity contribution in [3.63, 3.8) is 0 Å². The van der Waals surface area contributed by atoms with Crippen molar-refractivity contribution in [3.05, 3.63) is 86.1 Å². The van der Waals surface area contributed by atoms with E-state index in [0.717, 1.165) is 5.69 Å². The second-order valence-electron chi connectivity index (χ2n) is 5.73. The maximum absolute atomic E-state index is 11.9. The van der Waals surface area contributed by atoms with Crippen molar-refractivity contribution in [2.75, 3.05) is 6.61 Å². The zero-order valence-electron chi connectivity index (χ0n) is 14.8. The molecule has 1 amide bonds. The van der Waals surface area contributed by atoms with Crippen molar-refractivity contribution in [3.8, 4) is 11.4 Å². The molecule has 0 saturated heterocycles. The number of ether oxygens (including phenoxy) is 1. The number of nitro groups is 1. The molecular weight excluding hydrogens is 464 g/mol. The molecule has 0 atom stereocenters. The highest BCUT2D eigenvalue weighted by Crippen LogP contribution is 2.27. The molecular formula is C19H14BrClN4O4. The van der Waals surface area contributed by atoms with Gasteiger partial charge >= 0.3 is 0 Å². The molecule has 0 unspecified atom stereocenters. The van der Waals surface area contributed by atoms with Crippen LogP contribution < -0.4 is 10.2 Å². The second kappa shape index (κ2) is 9.35. The monoisotopic (exact) mass is 476 g/mol. The average Bonchev–Trinajstić information content (AvgIpc) is 3.16. The van der Waals surface area contributed by atoms with Crippen molar-refractivity contribution in [1.29, 1.82) is 0 Å². The first-order valence-electron chi connectivity index (χ1n) is 8.26. The van der Waals surface area contributed by atoms with Gasteiger partial charge in [-0.25, -0.2) is 5.43 Å². The smallest absolute Gasteiger partial charge is 0.277 e. The lowest BCUT2D eigenvalue weighted by molar-refractivity contribution is -0.384. The Balaban J connectivity index is 1.59. The Bertz CT molecular complexity index is 1070. The SMILES string of the molecule is O=C(COc1ccc(Cl)cc1Br)N/N=C/c1cccn1-c1ccc([N+](=O)[O-])cc1. The normalized spacial score (nSPS) is 10.8. The molecule has 29 heavy (non-hydrogen) atoms. The van der Waals surface area contributed by atoms with E-state index in [4.69, 9.17) is 16.3 Å². The van der Waals surface area contributed by atoms with Crippen LogP contribution in [0.1, 0.15) is 5.69 Å². The summed E-state index contributed by atoms with van der Waals surface area (Å²) in [5.74, 6) is 0.0529. The van der Waals surface area contributed by atoms with Crippen LogP contribution in [-0.2, 0) is 4.79 Å². The lowest BCUT2D eigenvalue weighted by Crippen LogP contribution is -2.24. The van der Waals surface area contributed by atoms with Crippen LogP contribution in [0.3, 0.4) is 0 Å². The molecule has 10 heteroatoms. The molecule has 0 aliphatic rings. The molecule has 0 radical (unpaired) electrons. The Hall–Kier alpha value is -3.17. The van der Waals surface area contributed by atoms with Gasteiger partial charge in [0.15, 0.2) is 6.61 Å². The Morgan fingerprint density at radius 1 is 1.28 bits per heavy atom. The molecule has 3 aromatic rings. The van der Waals surface area contributed by atoms with Crippen LogP contribution >= 0.6 is 27.5 Å². The molecule has 1 heterocycles. The molecule has 0 fully saturated rings. The molecule has 1 N–H and O–H groups in total. The number of hydrazone groups is 1. The molecule has 2 aromatic carbocycles. The molecule has 8 nitrogen and oxygen atoms in total. The van der Waals surface area contributed by atoms with Gasteiger partial charge < -0.3 is 9.30 Å². The average molecular weight is 478 g/mol. The summed E-state index contributed by atoms with van der Waals surface area (Å²) in [6.45, 7) is -0.221. The number of benzene rings is 2. The number of non-ortho nitro benzene ring substituents is 1. The fourth-order valence-electron chi connectivity index (χ4n) is 2.41. The summed E-state index contributed by atoms with van der Waals surface area (Å²) in [6, 6.07) is 14.7. The number of nitro benzene ring substituents is 1. The van der Waals surface area contributed by atoms with Crippen LogP contribution in [0.2, 0.25) is 5.02 Å². The van der Waals surface area contributed by atoms with Gasteiger partial charge in [-0.1, -0.05) is 11.6 Å². The van der Waals surface area contributed by atoms with Gasteiger partial charge in [0.2, 0.25) is 0 Å². The van der Waals surface area contributed by atoms with Crippen LogP contribution in [0, 0.1) is 10.1 Å². The maximum Gasteiger partial charge on any atom is 0.277 e. The fourth-order valence-corrected chi connectivity index (χ4v) is 3.20. The molecule has 0 saturated carbocycles. The summed E-state index contributed by atoms with van der Waals surface area (Å²) < 4.78 is 7.83. The minimum Gasteiger partial charge on any atom is -0.483 e. The van der Waals surface area contributed by atoms with Crippen molar-refractivity contribution >= 4 is 45.3 Å². The van der Waals surface area contributed by atoms with Gasteiger partial charge in [-0.2, -0.15) is 5.10 Å². The van der Waals surface area contributed by atoms with Gasteiger partial charge in [0.25, 0.3) is 11.6 Å². The van der Waals surface area contributed by atoms with E-state index in [1.807, 2.05) is 0 Å². The third-order valence-electron chi connectivity index (χ3n) is 3.76. The first-order valence-corrected chi connectivity index (χ1v) is 9.43. The Morgan fingerprint density at radius 3 is 2.72 bits per heavy atom. The first-order chi connectivity index (χ1) is 13.9. The molecule has 148 valence electrons. The number of carbonyl (C=O) groups is 1. The van der Waals surface area contributed by atoms with Crippen molar-refractivity contribution in [2.24, 2.45) is 5.10 Å². The van der Waals surface area contributed by atoms with Gasteiger partial charge in [0.1, 0.15) is 5.75 Å². The Labute approximate surface area is 179 Å². The lowest BCUT2D eigenvalue weighted by atomic mass is 10.3. The fraction of sp³-hybridized carbons (Fsp3) is 0.0526. The van der Waals surface area contributed by atoms with E-state index in [9.17, 15) is 14.9 Å². The third-order valence-corrected chi connectivity index (χ3v) is 4.61. The minimum atomic E-state index is -0.456. The van der Waals surface area contributed by atoms with Crippen LogP contribution in [-0.4, -0.2) is 28.2 Å². The van der Waals surface area contributed by atoms with E-state index < -0.39 is 10.8 Å². The van der Waals surface area contributed by atoms with Crippen molar-refractivity contribution < 1.29 is 14.5 Å². The van der Waals surface area contributed by atoms with Gasteiger partial charge in [-0.05, 0) is 58.4 Å².